The van der Waals surface area contributed by atoms with E-state index in [2.05, 4.69) is 45.7 Å². The Morgan fingerprint density at radius 2 is 2.00 bits per heavy atom. The first kappa shape index (κ1) is 18.7. The van der Waals surface area contributed by atoms with Crippen LogP contribution in [0, 0.1) is 0 Å². The van der Waals surface area contributed by atoms with Crippen molar-refractivity contribution < 1.29 is 4.74 Å². The van der Waals surface area contributed by atoms with Crippen molar-refractivity contribution in [1.29, 1.82) is 0 Å². The van der Waals surface area contributed by atoms with Gasteiger partial charge in [-0.1, -0.05) is 25.1 Å². The van der Waals surface area contributed by atoms with Crippen LogP contribution >= 0.6 is 11.3 Å². The summed E-state index contributed by atoms with van der Waals surface area (Å²) in [6, 6.07) is 8.26. The molecule has 1 fully saturated rings. The van der Waals surface area contributed by atoms with Crippen molar-refractivity contribution in [3.05, 3.63) is 45.9 Å². The third-order valence-corrected chi connectivity index (χ3v) is 5.74. The van der Waals surface area contributed by atoms with Crippen LogP contribution in [-0.2, 0) is 19.5 Å². The van der Waals surface area contributed by atoms with E-state index in [1.807, 2.05) is 12.3 Å². The van der Waals surface area contributed by atoms with Crippen LogP contribution in [0.5, 0.6) is 5.75 Å². The number of hydrogen-bond acceptors (Lipinski definition) is 4. The summed E-state index contributed by atoms with van der Waals surface area (Å²) in [7, 11) is 1.79. The summed E-state index contributed by atoms with van der Waals surface area (Å²) in [5, 5.41) is 7.79. The van der Waals surface area contributed by atoms with Gasteiger partial charge < -0.3 is 15.4 Å². The fraction of sp³-hybridized carbons (Fsp3) is 0.500. The summed E-state index contributed by atoms with van der Waals surface area (Å²) >= 11 is 1.74. The van der Waals surface area contributed by atoms with Gasteiger partial charge in [-0.15, -0.1) is 11.3 Å². The molecule has 0 bridgehead atoms. The Labute approximate surface area is 159 Å². The number of rotatable bonds is 7. The van der Waals surface area contributed by atoms with E-state index in [4.69, 9.17) is 4.74 Å². The molecule has 3 rings (SSSR count). The standard InChI is InChI=1S/C20H28N4OS/c1-3-17-13-22-19(26-17)14-24-20(21-2)23-12-15-8-4-7-11-18(15)25-16-9-5-6-10-16/h4,7-8,11,13,16H,3,5-6,9-10,12,14H2,1-2H3,(H2,21,23,24). The topological polar surface area (TPSA) is 58.5 Å². The molecule has 0 aliphatic heterocycles. The Morgan fingerprint density at radius 3 is 2.73 bits per heavy atom. The Kier molecular flexibility index (Phi) is 6.89. The molecule has 0 unspecified atom stereocenters. The van der Waals surface area contributed by atoms with E-state index >= 15 is 0 Å². The molecular weight excluding hydrogens is 344 g/mol. The molecule has 0 radical (unpaired) electrons. The summed E-state index contributed by atoms with van der Waals surface area (Å²) in [5.41, 5.74) is 1.16. The molecule has 1 aromatic heterocycles. The van der Waals surface area contributed by atoms with Gasteiger partial charge in [-0.3, -0.25) is 4.99 Å². The monoisotopic (exact) mass is 372 g/mol. The first-order chi connectivity index (χ1) is 12.8. The quantitative estimate of drug-likeness (QED) is 0.572. The third-order valence-electron chi connectivity index (χ3n) is 4.60. The maximum atomic E-state index is 6.21. The molecule has 26 heavy (non-hydrogen) atoms. The van der Waals surface area contributed by atoms with Crippen molar-refractivity contribution in [3.8, 4) is 5.75 Å². The second-order valence-corrected chi connectivity index (χ2v) is 7.68. The predicted octanol–water partition coefficient (Wildman–Crippen LogP) is 3.89. The van der Waals surface area contributed by atoms with E-state index in [0.29, 0.717) is 19.2 Å². The molecule has 140 valence electrons. The Balaban J connectivity index is 1.53. The highest BCUT2D eigenvalue weighted by Gasteiger charge is 2.17. The number of hydrogen-bond donors (Lipinski definition) is 2. The van der Waals surface area contributed by atoms with E-state index in [-0.39, 0.29) is 0 Å². The van der Waals surface area contributed by atoms with Gasteiger partial charge in [0.15, 0.2) is 5.96 Å². The van der Waals surface area contributed by atoms with Crippen LogP contribution in [-0.4, -0.2) is 24.1 Å². The normalized spacial score (nSPS) is 15.2. The van der Waals surface area contributed by atoms with E-state index in [0.717, 1.165) is 28.7 Å². The predicted molar refractivity (Wildman–Crippen MR) is 108 cm³/mol. The van der Waals surface area contributed by atoms with Crippen LogP contribution in [0.25, 0.3) is 0 Å². The van der Waals surface area contributed by atoms with Crippen molar-refractivity contribution in [2.75, 3.05) is 7.05 Å². The molecular formula is C20H28N4OS. The zero-order chi connectivity index (χ0) is 18.2. The highest BCUT2D eigenvalue weighted by atomic mass is 32.1. The zero-order valence-electron chi connectivity index (χ0n) is 15.6. The maximum Gasteiger partial charge on any atom is 0.191 e. The van der Waals surface area contributed by atoms with E-state index in [9.17, 15) is 0 Å². The Hall–Kier alpha value is -2.08. The molecule has 2 aromatic rings. The van der Waals surface area contributed by atoms with Gasteiger partial charge in [0.25, 0.3) is 0 Å². The highest BCUT2D eigenvalue weighted by Crippen LogP contribution is 2.26. The zero-order valence-corrected chi connectivity index (χ0v) is 16.4. The van der Waals surface area contributed by atoms with Crippen molar-refractivity contribution in [2.24, 2.45) is 4.99 Å². The Morgan fingerprint density at radius 1 is 1.23 bits per heavy atom. The number of nitrogens with zero attached hydrogens (tertiary/aromatic N) is 2. The third kappa shape index (κ3) is 5.21. The van der Waals surface area contributed by atoms with Gasteiger partial charge in [0, 0.05) is 30.2 Å². The lowest BCUT2D eigenvalue weighted by molar-refractivity contribution is 0.208. The SMILES string of the molecule is CCc1cnc(CNC(=NC)NCc2ccccc2OC2CCCC2)s1. The molecule has 1 aliphatic rings. The van der Waals surface area contributed by atoms with E-state index in [1.54, 1.807) is 18.4 Å². The Bertz CT molecular complexity index is 722. The summed E-state index contributed by atoms with van der Waals surface area (Å²) in [6.45, 7) is 3.52. The summed E-state index contributed by atoms with van der Waals surface area (Å²) in [5.74, 6) is 1.75. The van der Waals surface area contributed by atoms with Gasteiger partial charge in [0.2, 0.25) is 0 Å². The number of thiazole rings is 1. The second kappa shape index (κ2) is 9.57. The molecule has 1 aromatic carbocycles. The van der Waals surface area contributed by atoms with Gasteiger partial charge >= 0.3 is 0 Å². The lowest BCUT2D eigenvalue weighted by atomic mass is 10.2. The number of guanidine groups is 1. The lowest BCUT2D eigenvalue weighted by Gasteiger charge is -2.17. The minimum absolute atomic E-state index is 0.367. The largest absolute Gasteiger partial charge is 0.490 e. The molecule has 0 spiro atoms. The van der Waals surface area contributed by atoms with Gasteiger partial charge in [-0.05, 0) is 38.2 Å². The molecule has 1 aliphatic carbocycles. The van der Waals surface area contributed by atoms with Crippen LogP contribution in [0.1, 0.15) is 48.1 Å². The molecule has 5 nitrogen and oxygen atoms in total. The van der Waals surface area contributed by atoms with Crippen molar-refractivity contribution in [3.63, 3.8) is 0 Å². The smallest absolute Gasteiger partial charge is 0.191 e. The fourth-order valence-corrected chi connectivity index (χ4v) is 3.90. The van der Waals surface area contributed by atoms with Gasteiger partial charge in [-0.25, -0.2) is 4.98 Å². The molecule has 6 heteroatoms. The van der Waals surface area contributed by atoms with Crippen LogP contribution in [0.3, 0.4) is 0 Å². The van der Waals surface area contributed by atoms with Crippen molar-refractivity contribution in [2.45, 2.75) is 58.2 Å². The number of aromatic nitrogens is 1. The molecule has 0 atom stereocenters. The van der Waals surface area contributed by atoms with Crippen LogP contribution in [0.2, 0.25) is 0 Å². The first-order valence-corrected chi connectivity index (χ1v) is 10.2. The fourth-order valence-electron chi connectivity index (χ4n) is 3.10. The minimum Gasteiger partial charge on any atom is -0.490 e. The first-order valence-electron chi connectivity index (χ1n) is 9.41. The average molecular weight is 373 g/mol. The minimum atomic E-state index is 0.367. The number of para-hydroxylation sites is 1. The average Bonchev–Trinajstić information content (AvgIpc) is 3.34. The lowest BCUT2D eigenvalue weighted by Crippen LogP contribution is -2.36. The van der Waals surface area contributed by atoms with Crippen LogP contribution in [0.15, 0.2) is 35.5 Å². The van der Waals surface area contributed by atoms with E-state index in [1.165, 1.54) is 30.6 Å². The van der Waals surface area contributed by atoms with Gasteiger partial charge in [0.05, 0.1) is 12.6 Å². The molecule has 0 saturated heterocycles. The molecule has 2 N–H and O–H groups in total. The number of benzene rings is 1. The van der Waals surface area contributed by atoms with E-state index < -0.39 is 0 Å². The van der Waals surface area contributed by atoms with Gasteiger partial charge in [0.1, 0.15) is 10.8 Å². The summed E-state index contributed by atoms with van der Waals surface area (Å²) in [4.78, 5) is 10.1. The number of nitrogens with one attached hydrogen (secondary N) is 2. The molecule has 0 amide bonds. The summed E-state index contributed by atoms with van der Waals surface area (Å²) in [6.07, 6.45) is 8.23. The molecule has 1 heterocycles. The summed E-state index contributed by atoms with van der Waals surface area (Å²) < 4.78 is 6.21. The number of aliphatic imine (C=N–C) groups is 1. The number of aryl methyl sites for hydroxylation is 1. The maximum absolute atomic E-state index is 6.21. The van der Waals surface area contributed by atoms with Crippen LogP contribution in [0.4, 0.5) is 0 Å². The number of ether oxygens (including phenoxy) is 1. The van der Waals surface area contributed by atoms with Gasteiger partial charge in [-0.2, -0.15) is 0 Å². The molecule has 1 saturated carbocycles. The second-order valence-electron chi connectivity index (χ2n) is 6.49. The van der Waals surface area contributed by atoms with Crippen LogP contribution < -0.4 is 15.4 Å². The van der Waals surface area contributed by atoms with Crippen molar-refractivity contribution in [1.82, 2.24) is 15.6 Å². The highest BCUT2D eigenvalue weighted by molar-refractivity contribution is 7.11. The van der Waals surface area contributed by atoms with Crippen molar-refractivity contribution >= 4 is 17.3 Å².